The molecular weight excluding hydrogens is 276 g/mol. The van der Waals surface area contributed by atoms with Gasteiger partial charge in [0.25, 0.3) is 0 Å². The number of amides is 1. The number of benzene rings is 1. The topological polar surface area (TPSA) is 61.4 Å². The molecule has 122 valence electrons. The van der Waals surface area contributed by atoms with Gasteiger partial charge in [-0.2, -0.15) is 0 Å². The van der Waals surface area contributed by atoms with Crippen LogP contribution in [0.15, 0.2) is 24.3 Å². The summed E-state index contributed by atoms with van der Waals surface area (Å²) in [5.74, 6) is 0.426. The fraction of sp³-hybridized carbons (Fsp3) is 0.611. The zero-order valence-corrected chi connectivity index (χ0v) is 13.5. The van der Waals surface area contributed by atoms with E-state index >= 15 is 0 Å². The van der Waals surface area contributed by atoms with E-state index in [1.807, 2.05) is 19.1 Å². The molecule has 0 aliphatic heterocycles. The number of carbonyl (C=O) groups excluding carboxylic acids is 1. The second-order valence-corrected chi connectivity index (χ2v) is 6.17. The summed E-state index contributed by atoms with van der Waals surface area (Å²) in [5.41, 5.74) is 1.16. The Kier molecular flexibility index (Phi) is 6.72. The van der Waals surface area contributed by atoms with E-state index in [4.69, 9.17) is 0 Å². The quantitative estimate of drug-likeness (QED) is 0.726. The largest absolute Gasteiger partial charge is 0.508 e. The average Bonchev–Trinajstić information content (AvgIpc) is 2.54. The molecule has 1 fully saturated rings. The van der Waals surface area contributed by atoms with Gasteiger partial charge in [0, 0.05) is 6.04 Å². The zero-order valence-electron chi connectivity index (χ0n) is 13.5. The molecule has 1 unspecified atom stereocenters. The van der Waals surface area contributed by atoms with Crippen LogP contribution in [-0.2, 0) is 11.2 Å². The molecule has 4 nitrogen and oxygen atoms in total. The third kappa shape index (κ3) is 5.34. The molecule has 2 rings (SSSR count). The minimum atomic E-state index is -0.112. The lowest BCUT2D eigenvalue weighted by molar-refractivity contribution is -0.124. The molecule has 1 aliphatic rings. The molecule has 0 radical (unpaired) electrons. The minimum Gasteiger partial charge on any atom is -0.508 e. The molecule has 22 heavy (non-hydrogen) atoms. The molecule has 1 aromatic rings. The van der Waals surface area contributed by atoms with E-state index in [0.717, 1.165) is 37.8 Å². The molecule has 1 aliphatic carbocycles. The molecule has 0 bridgehead atoms. The van der Waals surface area contributed by atoms with Crippen molar-refractivity contribution in [1.29, 1.82) is 0 Å². The Morgan fingerprint density at radius 3 is 2.55 bits per heavy atom. The highest BCUT2D eigenvalue weighted by molar-refractivity contribution is 5.81. The SMILES string of the molecule is CCC(NCCc1ccc(O)cc1)C(=O)NC1CCCCC1. The first-order valence-corrected chi connectivity index (χ1v) is 8.50. The summed E-state index contributed by atoms with van der Waals surface area (Å²) in [6.07, 6.45) is 7.66. The highest BCUT2D eigenvalue weighted by atomic mass is 16.3. The highest BCUT2D eigenvalue weighted by Gasteiger charge is 2.20. The van der Waals surface area contributed by atoms with E-state index in [0.29, 0.717) is 6.04 Å². The standard InChI is InChI=1S/C18H28N2O2/c1-2-17(18(22)20-15-6-4-3-5-7-15)19-13-12-14-8-10-16(21)11-9-14/h8-11,15,17,19,21H,2-7,12-13H2,1H3,(H,20,22). The molecule has 1 aromatic carbocycles. The number of phenolic OH excluding ortho intramolecular Hbond substituents is 1. The molecule has 3 N–H and O–H groups in total. The van der Waals surface area contributed by atoms with Crippen molar-refractivity contribution in [2.75, 3.05) is 6.54 Å². The van der Waals surface area contributed by atoms with Crippen LogP contribution in [0, 0.1) is 0 Å². The number of hydrogen-bond donors (Lipinski definition) is 3. The first kappa shape index (κ1) is 16.8. The summed E-state index contributed by atoms with van der Waals surface area (Å²) in [4.78, 5) is 12.3. The molecule has 4 heteroatoms. The Morgan fingerprint density at radius 1 is 1.23 bits per heavy atom. The van der Waals surface area contributed by atoms with Crippen LogP contribution >= 0.6 is 0 Å². The molecule has 1 amide bonds. The van der Waals surface area contributed by atoms with Crippen LogP contribution in [0.4, 0.5) is 0 Å². The van der Waals surface area contributed by atoms with E-state index < -0.39 is 0 Å². The van der Waals surface area contributed by atoms with Crippen LogP contribution in [0.3, 0.4) is 0 Å². The Bertz CT molecular complexity index is 453. The lowest BCUT2D eigenvalue weighted by Gasteiger charge is -2.25. The number of carbonyl (C=O) groups is 1. The Balaban J connectivity index is 1.73. The smallest absolute Gasteiger partial charge is 0.237 e. The molecule has 0 spiro atoms. The van der Waals surface area contributed by atoms with Gasteiger partial charge in [0.2, 0.25) is 5.91 Å². The van der Waals surface area contributed by atoms with Gasteiger partial charge < -0.3 is 15.7 Å². The van der Waals surface area contributed by atoms with Crippen LogP contribution in [0.5, 0.6) is 5.75 Å². The molecule has 1 saturated carbocycles. The van der Waals surface area contributed by atoms with E-state index in [9.17, 15) is 9.90 Å². The van der Waals surface area contributed by atoms with Gasteiger partial charge in [0.1, 0.15) is 5.75 Å². The van der Waals surface area contributed by atoms with Crippen molar-refractivity contribution in [1.82, 2.24) is 10.6 Å². The second kappa shape index (κ2) is 8.79. The van der Waals surface area contributed by atoms with Crippen LogP contribution in [0.1, 0.15) is 51.0 Å². The minimum absolute atomic E-state index is 0.112. The van der Waals surface area contributed by atoms with Crippen LogP contribution in [0.25, 0.3) is 0 Å². The summed E-state index contributed by atoms with van der Waals surface area (Å²) >= 11 is 0. The number of hydrogen-bond acceptors (Lipinski definition) is 3. The van der Waals surface area contributed by atoms with E-state index in [-0.39, 0.29) is 17.7 Å². The summed E-state index contributed by atoms with van der Waals surface area (Å²) in [5, 5.41) is 15.8. The third-order valence-corrected chi connectivity index (χ3v) is 4.42. The van der Waals surface area contributed by atoms with Crippen molar-refractivity contribution in [3.05, 3.63) is 29.8 Å². The molecule has 0 heterocycles. The van der Waals surface area contributed by atoms with Gasteiger partial charge in [-0.05, 0) is 49.9 Å². The summed E-state index contributed by atoms with van der Waals surface area (Å²) in [6.45, 7) is 2.81. The van der Waals surface area contributed by atoms with Gasteiger partial charge in [0.15, 0.2) is 0 Å². The monoisotopic (exact) mass is 304 g/mol. The lowest BCUT2D eigenvalue weighted by atomic mass is 9.95. The Morgan fingerprint density at radius 2 is 1.91 bits per heavy atom. The number of aromatic hydroxyl groups is 1. The molecule has 1 atom stereocenters. The molecule has 0 aromatic heterocycles. The normalized spacial score (nSPS) is 17.1. The lowest BCUT2D eigenvalue weighted by Crippen LogP contribution is -2.48. The summed E-state index contributed by atoms with van der Waals surface area (Å²) < 4.78 is 0. The Labute approximate surface area is 133 Å². The first-order chi connectivity index (χ1) is 10.7. The predicted molar refractivity (Wildman–Crippen MR) is 88.9 cm³/mol. The molecular formula is C18H28N2O2. The number of rotatable bonds is 7. The first-order valence-electron chi connectivity index (χ1n) is 8.50. The van der Waals surface area contributed by atoms with Crippen LogP contribution in [-0.4, -0.2) is 29.6 Å². The van der Waals surface area contributed by atoms with Crippen LogP contribution in [0.2, 0.25) is 0 Å². The average molecular weight is 304 g/mol. The number of phenols is 1. The fourth-order valence-electron chi connectivity index (χ4n) is 3.02. The maximum absolute atomic E-state index is 12.3. The predicted octanol–water partition coefficient (Wildman–Crippen LogP) is 2.75. The van der Waals surface area contributed by atoms with Crippen molar-refractivity contribution in [3.63, 3.8) is 0 Å². The maximum atomic E-state index is 12.3. The Hall–Kier alpha value is -1.55. The van der Waals surface area contributed by atoms with Crippen molar-refractivity contribution in [2.45, 2.75) is 64.0 Å². The van der Waals surface area contributed by atoms with Crippen molar-refractivity contribution >= 4 is 5.91 Å². The molecule has 0 saturated heterocycles. The van der Waals surface area contributed by atoms with E-state index in [1.54, 1.807) is 12.1 Å². The zero-order chi connectivity index (χ0) is 15.8. The third-order valence-electron chi connectivity index (χ3n) is 4.42. The van der Waals surface area contributed by atoms with Gasteiger partial charge in [-0.3, -0.25) is 4.79 Å². The fourth-order valence-corrected chi connectivity index (χ4v) is 3.02. The van der Waals surface area contributed by atoms with Crippen LogP contribution < -0.4 is 10.6 Å². The highest BCUT2D eigenvalue weighted by Crippen LogP contribution is 2.17. The van der Waals surface area contributed by atoms with Gasteiger partial charge in [-0.25, -0.2) is 0 Å². The second-order valence-electron chi connectivity index (χ2n) is 6.17. The van der Waals surface area contributed by atoms with Gasteiger partial charge >= 0.3 is 0 Å². The summed E-state index contributed by atoms with van der Waals surface area (Å²) in [7, 11) is 0. The van der Waals surface area contributed by atoms with Crippen molar-refractivity contribution in [2.24, 2.45) is 0 Å². The summed E-state index contributed by atoms with van der Waals surface area (Å²) in [6, 6.07) is 7.48. The van der Waals surface area contributed by atoms with E-state index in [2.05, 4.69) is 10.6 Å². The van der Waals surface area contributed by atoms with Gasteiger partial charge in [-0.1, -0.05) is 38.3 Å². The van der Waals surface area contributed by atoms with Crippen molar-refractivity contribution in [3.8, 4) is 5.75 Å². The maximum Gasteiger partial charge on any atom is 0.237 e. The number of nitrogens with one attached hydrogen (secondary N) is 2. The van der Waals surface area contributed by atoms with Crippen molar-refractivity contribution < 1.29 is 9.90 Å². The van der Waals surface area contributed by atoms with E-state index in [1.165, 1.54) is 19.3 Å². The van der Waals surface area contributed by atoms with Gasteiger partial charge in [-0.15, -0.1) is 0 Å². The van der Waals surface area contributed by atoms with Gasteiger partial charge in [0.05, 0.1) is 6.04 Å².